The molecule has 0 aromatic carbocycles. The van der Waals surface area contributed by atoms with E-state index in [1.165, 1.54) is 22.7 Å². The molecular formula is C22H21BrF3N5O2S2. The van der Waals surface area contributed by atoms with Crippen molar-refractivity contribution in [3.8, 4) is 0 Å². The largest absolute Gasteiger partial charge is 0.410 e. The molecule has 35 heavy (non-hydrogen) atoms. The van der Waals surface area contributed by atoms with Crippen molar-refractivity contribution in [3.63, 3.8) is 0 Å². The second kappa shape index (κ2) is 8.93. The molecule has 3 aromatic heterocycles. The Morgan fingerprint density at radius 2 is 2.14 bits per heavy atom. The molecule has 5 rings (SSSR count). The van der Waals surface area contributed by atoms with Crippen molar-refractivity contribution in [2.75, 3.05) is 10.6 Å². The number of anilines is 2. The molecule has 13 heteroatoms. The highest BCUT2D eigenvalue weighted by Gasteiger charge is 2.48. The maximum absolute atomic E-state index is 14.0. The minimum Gasteiger partial charge on any atom is -0.365 e. The van der Waals surface area contributed by atoms with Crippen molar-refractivity contribution >= 4 is 61.2 Å². The number of thiophene rings is 2. The first-order chi connectivity index (χ1) is 16.5. The number of carbonyl (C=O) groups is 2. The highest BCUT2D eigenvalue weighted by molar-refractivity contribution is 9.10. The summed E-state index contributed by atoms with van der Waals surface area (Å²) in [6.45, 7) is 2.12. The van der Waals surface area contributed by atoms with Crippen molar-refractivity contribution in [1.29, 1.82) is 0 Å². The molecule has 0 saturated carbocycles. The molecule has 4 heterocycles. The van der Waals surface area contributed by atoms with Crippen molar-refractivity contribution in [3.05, 3.63) is 48.6 Å². The molecule has 0 fully saturated rings. The van der Waals surface area contributed by atoms with E-state index >= 15 is 0 Å². The first-order valence-electron chi connectivity index (χ1n) is 10.9. The van der Waals surface area contributed by atoms with Crippen LogP contribution in [0.15, 0.2) is 22.0 Å². The molecule has 0 saturated heterocycles. The van der Waals surface area contributed by atoms with Crippen LogP contribution in [0.25, 0.3) is 0 Å². The Balaban J connectivity index is 1.50. The molecule has 0 radical (unpaired) electrons. The summed E-state index contributed by atoms with van der Waals surface area (Å²) in [7, 11) is 0. The standard InChI is InChI=1S/C22H21BrF3N5O2S2/c1-9-4-5-10-13(7-9)35-21(15(10)18(27)32)29-20(33)17-16(23)19-28-11(12-3-2-6-34-12)8-14(22(24,25)26)31(19)30-17/h2-3,6,9,11,14,28H,4-5,7-8H2,1H3,(H2,27,32)(H,29,33)/t9-,11-,14-/m1/s1. The maximum atomic E-state index is 14.0. The minimum atomic E-state index is -4.56. The quantitative estimate of drug-likeness (QED) is 0.353. The van der Waals surface area contributed by atoms with Gasteiger partial charge in [0.1, 0.15) is 10.8 Å². The molecule has 186 valence electrons. The van der Waals surface area contributed by atoms with E-state index in [1.807, 2.05) is 0 Å². The zero-order chi connectivity index (χ0) is 25.1. The van der Waals surface area contributed by atoms with Crippen LogP contribution in [0.5, 0.6) is 0 Å². The highest BCUT2D eigenvalue weighted by atomic mass is 79.9. The van der Waals surface area contributed by atoms with Gasteiger partial charge in [-0.3, -0.25) is 9.59 Å². The van der Waals surface area contributed by atoms with Gasteiger partial charge in [-0.2, -0.15) is 18.3 Å². The van der Waals surface area contributed by atoms with E-state index in [0.717, 1.165) is 32.8 Å². The van der Waals surface area contributed by atoms with Gasteiger partial charge >= 0.3 is 6.18 Å². The lowest BCUT2D eigenvalue weighted by atomic mass is 9.88. The van der Waals surface area contributed by atoms with Crippen molar-refractivity contribution in [2.45, 2.75) is 50.9 Å². The van der Waals surface area contributed by atoms with Gasteiger partial charge in [0.25, 0.3) is 11.8 Å². The number of hydrogen-bond donors (Lipinski definition) is 3. The maximum Gasteiger partial charge on any atom is 0.410 e. The van der Waals surface area contributed by atoms with Crippen LogP contribution in [0, 0.1) is 5.92 Å². The fourth-order valence-electron chi connectivity index (χ4n) is 4.67. The Morgan fingerprint density at radius 3 is 2.80 bits per heavy atom. The van der Waals surface area contributed by atoms with E-state index in [1.54, 1.807) is 17.5 Å². The van der Waals surface area contributed by atoms with Crippen LogP contribution < -0.4 is 16.4 Å². The Bertz CT molecular complexity index is 1300. The third-order valence-corrected chi connectivity index (χ3v) is 9.29. The van der Waals surface area contributed by atoms with Crippen molar-refractivity contribution in [1.82, 2.24) is 9.78 Å². The normalized spacial score (nSPS) is 21.7. The number of alkyl halides is 3. The zero-order valence-corrected chi connectivity index (χ0v) is 21.6. The zero-order valence-electron chi connectivity index (χ0n) is 18.4. The lowest BCUT2D eigenvalue weighted by molar-refractivity contribution is -0.173. The molecule has 2 aliphatic rings. The number of aromatic nitrogens is 2. The summed E-state index contributed by atoms with van der Waals surface area (Å²) in [6.07, 6.45) is -2.44. The molecule has 7 nitrogen and oxygen atoms in total. The smallest absolute Gasteiger partial charge is 0.365 e. The predicted molar refractivity (Wildman–Crippen MR) is 132 cm³/mol. The van der Waals surface area contributed by atoms with Gasteiger partial charge in [-0.1, -0.05) is 13.0 Å². The van der Waals surface area contributed by atoms with Gasteiger partial charge in [0.05, 0.1) is 16.1 Å². The summed E-state index contributed by atoms with van der Waals surface area (Å²) >= 11 is 5.93. The second-order valence-corrected chi connectivity index (χ2v) is 11.7. The van der Waals surface area contributed by atoms with Gasteiger partial charge in [0, 0.05) is 16.2 Å². The van der Waals surface area contributed by atoms with E-state index in [-0.39, 0.29) is 28.0 Å². The summed E-state index contributed by atoms with van der Waals surface area (Å²) in [5.41, 5.74) is 6.53. The average Bonchev–Trinajstić information content (AvgIpc) is 3.50. The van der Waals surface area contributed by atoms with E-state index in [4.69, 9.17) is 5.73 Å². The number of nitrogens with zero attached hydrogens (tertiary/aromatic N) is 2. The van der Waals surface area contributed by atoms with Gasteiger partial charge in [-0.15, -0.1) is 22.7 Å². The number of halogens is 4. The van der Waals surface area contributed by atoms with Crippen molar-refractivity contribution in [2.24, 2.45) is 11.7 Å². The number of nitrogens with one attached hydrogen (secondary N) is 2. The Kier molecular flexibility index (Phi) is 6.20. The van der Waals surface area contributed by atoms with E-state index in [9.17, 15) is 22.8 Å². The van der Waals surface area contributed by atoms with Crippen LogP contribution in [-0.2, 0) is 12.8 Å². The lowest BCUT2D eigenvalue weighted by Gasteiger charge is -2.33. The molecule has 0 spiro atoms. The first-order valence-corrected chi connectivity index (χ1v) is 13.4. The number of carbonyl (C=O) groups excluding carboxylic acids is 2. The molecule has 3 atom stereocenters. The Morgan fingerprint density at radius 1 is 1.37 bits per heavy atom. The van der Waals surface area contributed by atoms with Gasteiger partial charge in [-0.25, -0.2) is 4.68 Å². The number of nitrogens with two attached hydrogens (primary N) is 1. The Labute approximate surface area is 215 Å². The van der Waals surface area contributed by atoms with E-state index in [0.29, 0.717) is 17.3 Å². The molecule has 3 aromatic rings. The molecule has 0 unspecified atom stereocenters. The number of rotatable bonds is 4. The predicted octanol–water partition coefficient (Wildman–Crippen LogP) is 5.90. The first kappa shape index (κ1) is 24.3. The fraction of sp³-hybridized carbons (Fsp3) is 0.409. The average molecular weight is 588 g/mol. The summed E-state index contributed by atoms with van der Waals surface area (Å²) in [5.74, 6) is -0.839. The fourth-order valence-corrected chi connectivity index (χ4v) is 7.43. The topological polar surface area (TPSA) is 102 Å². The van der Waals surface area contributed by atoms with Crippen LogP contribution in [-0.4, -0.2) is 27.8 Å². The van der Waals surface area contributed by atoms with Crippen molar-refractivity contribution < 1.29 is 22.8 Å². The van der Waals surface area contributed by atoms with Crippen LogP contribution in [0.4, 0.5) is 24.0 Å². The minimum absolute atomic E-state index is 0.0801. The summed E-state index contributed by atoms with van der Waals surface area (Å²) in [6, 6.07) is 1.07. The van der Waals surface area contributed by atoms with Gasteiger partial charge in [-0.05, 0) is 58.1 Å². The molecule has 1 aliphatic heterocycles. The van der Waals surface area contributed by atoms with E-state index in [2.05, 4.69) is 38.6 Å². The van der Waals surface area contributed by atoms with Gasteiger partial charge in [0.2, 0.25) is 0 Å². The third-order valence-electron chi connectivity index (χ3n) is 6.38. The number of primary amides is 1. The van der Waals surface area contributed by atoms with Crippen LogP contribution >= 0.6 is 38.6 Å². The van der Waals surface area contributed by atoms with Crippen LogP contribution in [0.1, 0.15) is 68.0 Å². The number of fused-ring (bicyclic) bond motifs is 2. The molecule has 4 N–H and O–H groups in total. The number of amides is 2. The van der Waals surface area contributed by atoms with E-state index < -0.39 is 30.1 Å². The molecular weight excluding hydrogens is 567 g/mol. The summed E-state index contributed by atoms with van der Waals surface area (Å²) in [4.78, 5) is 27.2. The second-order valence-electron chi connectivity index (χ2n) is 8.84. The summed E-state index contributed by atoms with van der Waals surface area (Å²) in [5, 5.41) is 11.9. The molecule has 2 amide bonds. The number of hydrogen-bond acceptors (Lipinski definition) is 6. The van der Waals surface area contributed by atoms with Crippen LogP contribution in [0.2, 0.25) is 0 Å². The van der Waals surface area contributed by atoms with Gasteiger partial charge < -0.3 is 16.4 Å². The lowest BCUT2D eigenvalue weighted by Crippen LogP contribution is -2.35. The van der Waals surface area contributed by atoms with Gasteiger partial charge in [0.15, 0.2) is 11.7 Å². The SMILES string of the molecule is C[C@@H]1CCc2c(sc(NC(=O)c3nn4c(c3Br)N[C@@H](c3cccs3)C[C@@H]4C(F)(F)F)c2C(N)=O)C1. The van der Waals surface area contributed by atoms with Crippen LogP contribution in [0.3, 0.4) is 0 Å². The molecule has 1 aliphatic carbocycles. The third kappa shape index (κ3) is 4.38. The molecule has 0 bridgehead atoms. The highest BCUT2D eigenvalue weighted by Crippen LogP contribution is 2.47. The monoisotopic (exact) mass is 587 g/mol. The Hall–Kier alpha value is -2.38. The summed E-state index contributed by atoms with van der Waals surface area (Å²) < 4.78 is 42.9.